The van der Waals surface area contributed by atoms with Crippen LogP contribution < -0.4 is 4.74 Å². The number of rotatable bonds is 8. The van der Waals surface area contributed by atoms with Crippen LogP contribution in [0.4, 0.5) is 17.6 Å². The van der Waals surface area contributed by atoms with Crippen LogP contribution in [0.3, 0.4) is 0 Å². The Kier molecular flexibility index (Phi) is 6.88. The maximum absolute atomic E-state index is 13.4. The summed E-state index contributed by atoms with van der Waals surface area (Å²) < 4.78 is 57.7. The second kappa shape index (κ2) is 8.91. The smallest absolute Gasteiger partial charge is 0.297 e. The number of aromatic nitrogens is 3. The van der Waals surface area contributed by atoms with E-state index in [1.165, 1.54) is 18.2 Å². The van der Waals surface area contributed by atoms with Gasteiger partial charge in [-0.15, -0.1) is 0 Å². The Hall–Kier alpha value is -2.25. The number of nitrogens with zero attached hydrogens (tertiary/aromatic N) is 3. The van der Waals surface area contributed by atoms with Crippen LogP contribution in [0, 0.1) is 11.8 Å². The average molecular weight is 371 g/mol. The summed E-state index contributed by atoms with van der Waals surface area (Å²) in [4.78, 5) is 11.0. The molecule has 0 bridgehead atoms. The minimum atomic E-state index is -2.86. The first-order valence-electron chi connectivity index (χ1n) is 8.31. The maximum Gasteiger partial charge on any atom is 0.297 e. The van der Waals surface area contributed by atoms with Crippen LogP contribution in [0.2, 0.25) is 0 Å². The third-order valence-electron chi connectivity index (χ3n) is 3.62. The van der Waals surface area contributed by atoms with Crippen molar-refractivity contribution in [3.05, 3.63) is 35.9 Å². The Bertz CT molecular complexity index is 725. The second-order valence-corrected chi connectivity index (χ2v) is 6.53. The molecule has 1 atom stereocenters. The van der Waals surface area contributed by atoms with Crippen LogP contribution in [0.15, 0.2) is 24.4 Å². The molecule has 2 aromatic rings. The molecule has 0 saturated carbocycles. The third kappa shape index (κ3) is 5.37. The van der Waals surface area contributed by atoms with E-state index < -0.39 is 24.4 Å². The van der Waals surface area contributed by atoms with Crippen LogP contribution in [-0.2, 0) is 0 Å². The van der Waals surface area contributed by atoms with Gasteiger partial charge in [0.1, 0.15) is 11.4 Å². The first-order chi connectivity index (χ1) is 12.3. The quantitative estimate of drug-likeness (QED) is 0.577. The fourth-order valence-electron chi connectivity index (χ4n) is 2.61. The zero-order valence-electron chi connectivity index (χ0n) is 14.8. The molecular weight excluding hydrogens is 350 g/mol. The third-order valence-corrected chi connectivity index (χ3v) is 3.62. The molecule has 0 N–H and O–H groups in total. The molecule has 8 heteroatoms. The van der Waals surface area contributed by atoms with Gasteiger partial charge < -0.3 is 4.74 Å². The lowest BCUT2D eigenvalue weighted by molar-refractivity contribution is 0.136. The molecule has 0 aliphatic rings. The lowest BCUT2D eigenvalue weighted by Crippen LogP contribution is -2.12. The van der Waals surface area contributed by atoms with Gasteiger partial charge in [-0.25, -0.2) is 32.5 Å². The van der Waals surface area contributed by atoms with Gasteiger partial charge in [0.05, 0.1) is 18.0 Å². The largest absolute Gasteiger partial charge is 0.491 e. The van der Waals surface area contributed by atoms with E-state index in [2.05, 4.69) is 28.8 Å². The van der Waals surface area contributed by atoms with E-state index >= 15 is 0 Å². The van der Waals surface area contributed by atoms with Gasteiger partial charge in [0.15, 0.2) is 5.82 Å². The highest BCUT2D eigenvalue weighted by Crippen LogP contribution is 2.30. The number of alkyl halides is 4. The van der Waals surface area contributed by atoms with E-state index in [0.29, 0.717) is 12.5 Å². The van der Waals surface area contributed by atoms with Gasteiger partial charge in [-0.2, -0.15) is 0 Å². The van der Waals surface area contributed by atoms with Crippen LogP contribution in [-0.4, -0.2) is 21.6 Å². The summed E-state index contributed by atoms with van der Waals surface area (Å²) in [5.74, 6) is -0.00522. The van der Waals surface area contributed by atoms with E-state index in [9.17, 15) is 17.6 Å². The molecule has 2 heterocycles. The molecule has 0 radical (unpaired) electrons. The number of ether oxygens (including phenoxy) is 1. The van der Waals surface area contributed by atoms with E-state index in [-0.39, 0.29) is 23.1 Å². The Morgan fingerprint density at radius 1 is 0.923 bits per heavy atom. The molecule has 0 saturated heterocycles. The fourth-order valence-corrected chi connectivity index (χ4v) is 2.61. The normalized spacial score (nSPS) is 12.8. The number of pyridine rings is 1. The fraction of sp³-hybridized carbons (Fsp3) is 0.500. The predicted molar refractivity (Wildman–Crippen MR) is 89.3 cm³/mol. The second-order valence-electron chi connectivity index (χ2n) is 6.53. The van der Waals surface area contributed by atoms with Gasteiger partial charge in [0, 0.05) is 6.20 Å². The molecule has 4 nitrogen and oxygen atoms in total. The minimum absolute atomic E-state index is 0.0116. The number of hydrogen-bond acceptors (Lipinski definition) is 4. The Labute approximate surface area is 149 Å². The van der Waals surface area contributed by atoms with Crippen molar-refractivity contribution in [2.75, 3.05) is 6.61 Å². The van der Waals surface area contributed by atoms with Crippen LogP contribution in [0.5, 0.6) is 5.75 Å². The van der Waals surface area contributed by atoms with Crippen molar-refractivity contribution < 1.29 is 22.3 Å². The van der Waals surface area contributed by atoms with Crippen molar-refractivity contribution in [1.29, 1.82) is 0 Å². The molecule has 0 aliphatic heterocycles. The SMILES string of the molecule is CC(C)CC(C)COc1ccc(-c2ccnc(C(F)F)n2)nc1C(F)F. The standard InChI is InChI=1S/C18H21F4N3O/c1-10(2)8-11(3)9-26-14-5-4-12(24-15(14)16(19)20)13-6-7-23-18(25-13)17(21)22/h4-7,10-11,16-17H,8-9H2,1-3H3. The summed E-state index contributed by atoms with van der Waals surface area (Å²) in [7, 11) is 0. The van der Waals surface area contributed by atoms with Crippen LogP contribution in [0.25, 0.3) is 11.4 Å². The average Bonchev–Trinajstić information content (AvgIpc) is 2.59. The minimum Gasteiger partial charge on any atom is -0.491 e. The highest BCUT2D eigenvalue weighted by molar-refractivity contribution is 5.55. The van der Waals surface area contributed by atoms with E-state index in [4.69, 9.17) is 4.74 Å². The van der Waals surface area contributed by atoms with Crippen LogP contribution >= 0.6 is 0 Å². The van der Waals surface area contributed by atoms with E-state index in [0.717, 1.165) is 12.6 Å². The summed E-state index contributed by atoms with van der Waals surface area (Å²) >= 11 is 0. The van der Waals surface area contributed by atoms with E-state index in [1.807, 2.05) is 6.92 Å². The van der Waals surface area contributed by atoms with Gasteiger partial charge >= 0.3 is 0 Å². The first kappa shape index (κ1) is 20.1. The zero-order chi connectivity index (χ0) is 19.3. The van der Waals surface area contributed by atoms with Crippen molar-refractivity contribution in [3.63, 3.8) is 0 Å². The van der Waals surface area contributed by atoms with E-state index in [1.54, 1.807) is 0 Å². The van der Waals surface area contributed by atoms with Gasteiger partial charge in [-0.3, -0.25) is 0 Å². The van der Waals surface area contributed by atoms with Crippen molar-refractivity contribution in [1.82, 2.24) is 15.0 Å². The molecule has 142 valence electrons. The zero-order valence-corrected chi connectivity index (χ0v) is 14.8. The van der Waals surface area contributed by atoms with Crippen molar-refractivity contribution in [2.24, 2.45) is 11.8 Å². The monoisotopic (exact) mass is 371 g/mol. The summed E-state index contributed by atoms with van der Waals surface area (Å²) in [5, 5.41) is 0. The molecule has 1 unspecified atom stereocenters. The van der Waals surface area contributed by atoms with Crippen molar-refractivity contribution >= 4 is 0 Å². The lowest BCUT2D eigenvalue weighted by Gasteiger charge is -2.17. The molecule has 0 spiro atoms. The maximum atomic E-state index is 13.4. The van der Waals surface area contributed by atoms with Gasteiger partial charge in [-0.1, -0.05) is 20.8 Å². The Morgan fingerprint density at radius 3 is 2.23 bits per heavy atom. The molecule has 0 aliphatic carbocycles. The van der Waals surface area contributed by atoms with Gasteiger partial charge in [0.25, 0.3) is 12.9 Å². The summed E-state index contributed by atoms with van der Waals surface area (Å²) in [5.41, 5.74) is -0.416. The Morgan fingerprint density at radius 2 is 1.62 bits per heavy atom. The molecule has 0 fully saturated rings. The lowest BCUT2D eigenvalue weighted by atomic mass is 10.00. The van der Waals surface area contributed by atoms with Gasteiger partial charge in [-0.05, 0) is 36.5 Å². The molecule has 26 heavy (non-hydrogen) atoms. The summed E-state index contributed by atoms with van der Waals surface area (Å²) in [6, 6.07) is 4.14. The topological polar surface area (TPSA) is 47.9 Å². The van der Waals surface area contributed by atoms with Crippen LogP contribution in [0.1, 0.15) is 51.6 Å². The molecule has 2 rings (SSSR count). The van der Waals surface area contributed by atoms with Crippen molar-refractivity contribution in [3.8, 4) is 17.1 Å². The number of halogens is 4. The molecule has 2 aromatic heterocycles. The number of hydrogen-bond donors (Lipinski definition) is 0. The highest BCUT2D eigenvalue weighted by atomic mass is 19.3. The molecule has 0 aromatic carbocycles. The molecular formula is C18H21F4N3O. The summed E-state index contributed by atoms with van der Waals surface area (Å²) in [6.07, 6.45) is -3.66. The first-order valence-corrected chi connectivity index (χ1v) is 8.31. The van der Waals surface area contributed by atoms with Gasteiger partial charge in [0.2, 0.25) is 0 Å². The molecule has 0 amide bonds. The van der Waals surface area contributed by atoms with Crippen molar-refractivity contribution in [2.45, 2.75) is 40.0 Å². The highest BCUT2D eigenvalue weighted by Gasteiger charge is 2.20. The summed E-state index contributed by atoms with van der Waals surface area (Å²) in [6.45, 7) is 6.43. The Balaban J connectivity index is 2.24. The predicted octanol–water partition coefficient (Wildman–Crippen LogP) is 5.47.